The Morgan fingerprint density at radius 2 is 1.60 bits per heavy atom. The summed E-state index contributed by atoms with van der Waals surface area (Å²) in [5, 5.41) is 0. The lowest BCUT2D eigenvalue weighted by Gasteiger charge is -2.05. The Bertz CT molecular complexity index is 632. The summed E-state index contributed by atoms with van der Waals surface area (Å²) in [5.41, 5.74) is 1.57. The number of carbonyl (C=O) groups is 2. The predicted molar refractivity (Wildman–Crippen MR) is 80.0 cm³/mol. The van der Waals surface area contributed by atoms with E-state index in [9.17, 15) is 9.59 Å². The molecule has 0 aromatic heterocycles. The maximum absolute atomic E-state index is 12.3. The smallest absolute Gasteiger partial charge is 0.338 e. The van der Waals surface area contributed by atoms with Gasteiger partial charge in [-0.25, -0.2) is 4.79 Å². The lowest BCUT2D eigenvalue weighted by molar-refractivity contribution is 0.0526. The van der Waals surface area contributed by atoms with Crippen LogP contribution in [0.15, 0.2) is 53.0 Å². The highest BCUT2D eigenvalue weighted by atomic mass is 79.9. The number of carbonyl (C=O) groups excluding carboxylic acids is 2. The van der Waals surface area contributed by atoms with Crippen molar-refractivity contribution in [3.63, 3.8) is 0 Å². The average Bonchev–Trinajstić information content (AvgIpc) is 2.47. The van der Waals surface area contributed by atoms with Crippen LogP contribution in [0.3, 0.4) is 0 Å². The van der Waals surface area contributed by atoms with Gasteiger partial charge in [0, 0.05) is 15.6 Å². The maximum Gasteiger partial charge on any atom is 0.338 e. The van der Waals surface area contributed by atoms with Gasteiger partial charge in [-0.3, -0.25) is 4.79 Å². The van der Waals surface area contributed by atoms with Gasteiger partial charge in [-0.2, -0.15) is 0 Å². The van der Waals surface area contributed by atoms with E-state index in [0.717, 1.165) is 4.47 Å². The Balaban J connectivity index is 2.24. The van der Waals surface area contributed by atoms with Crippen molar-refractivity contribution in [3.05, 3.63) is 69.7 Å². The molecule has 2 aromatic rings. The molecule has 0 heterocycles. The summed E-state index contributed by atoms with van der Waals surface area (Å²) >= 11 is 3.36. The van der Waals surface area contributed by atoms with E-state index in [0.29, 0.717) is 23.3 Å². The number of esters is 1. The molecule has 0 atom stereocenters. The van der Waals surface area contributed by atoms with E-state index in [1.165, 1.54) is 0 Å². The van der Waals surface area contributed by atoms with Crippen LogP contribution in [0.5, 0.6) is 0 Å². The number of ether oxygens (including phenoxy) is 1. The highest BCUT2D eigenvalue weighted by Gasteiger charge is 2.13. The minimum absolute atomic E-state index is 0.0899. The van der Waals surface area contributed by atoms with Crippen molar-refractivity contribution in [1.82, 2.24) is 0 Å². The molecule has 0 unspecified atom stereocenters. The maximum atomic E-state index is 12.3. The lowest BCUT2D eigenvalue weighted by Crippen LogP contribution is -2.06. The van der Waals surface area contributed by atoms with Gasteiger partial charge in [0.05, 0.1) is 12.2 Å². The van der Waals surface area contributed by atoms with E-state index < -0.39 is 0 Å². The van der Waals surface area contributed by atoms with E-state index in [1.807, 2.05) is 18.2 Å². The van der Waals surface area contributed by atoms with Crippen LogP contribution in [0, 0.1) is 0 Å². The lowest BCUT2D eigenvalue weighted by atomic mass is 10.0. The molecular weight excluding hydrogens is 320 g/mol. The highest BCUT2D eigenvalue weighted by Crippen LogP contribution is 2.20. The Morgan fingerprint density at radius 1 is 1.00 bits per heavy atom. The van der Waals surface area contributed by atoms with Crippen LogP contribution >= 0.6 is 15.9 Å². The van der Waals surface area contributed by atoms with Gasteiger partial charge in [-0.1, -0.05) is 40.2 Å². The van der Waals surface area contributed by atoms with Crippen LogP contribution in [0.25, 0.3) is 0 Å². The molecule has 0 aliphatic rings. The molecule has 0 fully saturated rings. The van der Waals surface area contributed by atoms with E-state index in [-0.39, 0.29) is 11.8 Å². The summed E-state index contributed by atoms with van der Waals surface area (Å²) < 4.78 is 5.65. The second-order valence-electron chi connectivity index (χ2n) is 4.11. The first-order valence-electron chi connectivity index (χ1n) is 6.20. The molecule has 0 saturated carbocycles. The van der Waals surface area contributed by atoms with E-state index in [2.05, 4.69) is 15.9 Å². The van der Waals surface area contributed by atoms with Crippen LogP contribution in [0.2, 0.25) is 0 Å². The Hall–Kier alpha value is -1.94. The molecule has 0 bridgehead atoms. The number of hydrogen-bond donors (Lipinski definition) is 0. The third-order valence-electron chi connectivity index (χ3n) is 2.78. The molecule has 20 heavy (non-hydrogen) atoms. The van der Waals surface area contributed by atoms with Gasteiger partial charge in [0.2, 0.25) is 0 Å². The second-order valence-corrected chi connectivity index (χ2v) is 4.96. The molecule has 4 heteroatoms. The first-order valence-corrected chi connectivity index (χ1v) is 6.99. The number of halogens is 1. The van der Waals surface area contributed by atoms with Crippen molar-refractivity contribution in [2.75, 3.05) is 6.61 Å². The molecule has 0 aliphatic carbocycles. The van der Waals surface area contributed by atoms with Crippen LogP contribution in [0.4, 0.5) is 0 Å². The largest absolute Gasteiger partial charge is 0.462 e. The molecule has 0 saturated heterocycles. The summed E-state index contributed by atoms with van der Waals surface area (Å²) in [5.74, 6) is -0.472. The van der Waals surface area contributed by atoms with Crippen molar-refractivity contribution in [1.29, 1.82) is 0 Å². The zero-order valence-corrected chi connectivity index (χ0v) is 12.5. The number of benzene rings is 2. The Labute approximate surface area is 125 Å². The van der Waals surface area contributed by atoms with Crippen LogP contribution in [0.1, 0.15) is 33.2 Å². The predicted octanol–water partition coefficient (Wildman–Crippen LogP) is 3.86. The molecule has 3 nitrogen and oxygen atoms in total. The molecule has 102 valence electrons. The fourth-order valence-electron chi connectivity index (χ4n) is 1.77. The minimum atomic E-state index is -0.382. The molecule has 0 aliphatic heterocycles. The third kappa shape index (κ3) is 3.14. The summed E-state index contributed by atoms with van der Waals surface area (Å²) in [6, 6.07) is 13.7. The molecular formula is C16H13BrO3. The van der Waals surface area contributed by atoms with Crippen molar-refractivity contribution < 1.29 is 14.3 Å². The first-order chi connectivity index (χ1) is 9.63. The van der Waals surface area contributed by atoms with Crippen molar-refractivity contribution in [2.24, 2.45) is 0 Å². The van der Waals surface area contributed by atoms with Crippen molar-refractivity contribution >= 4 is 27.7 Å². The quantitative estimate of drug-likeness (QED) is 0.630. The summed E-state index contributed by atoms with van der Waals surface area (Å²) in [4.78, 5) is 23.9. The molecule has 0 N–H and O–H groups in total. The summed E-state index contributed by atoms with van der Waals surface area (Å²) in [6.07, 6.45) is 0. The monoisotopic (exact) mass is 332 g/mol. The van der Waals surface area contributed by atoms with Crippen LogP contribution < -0.4 is 0 Å². The van der Waals surface area contributed by atoms with E-state index >= 15 is 0 Å². The summed E-state index contributed by atoms with van der Waals surface area (Å²) in [6.45, 7) is 2.08. The van der Waals surface area contributed by atoms with Gasteiger partial charge in [-0.15, -0.1) is 0 Å². The zero-order chi connectivity index (χ0) is 14.5. The minimum Gasteiger partial charge on any atom is -0.462 e. The standard InChI is InChI=1S/C16H13BrO3/c1-2-20-16(19)12-9-7-11(8-10-12)15(18)13-5-3-4-6-14(13)17/h3-10H,2H2,1H3. The number of ketones is 1. The second kappa shape index (κ2) is 6.48. The molecule has 2 rings (SSSR count). The first kappa shape index (κ1) is 14.5. The number of hydrogen-bond acceptors (Lipinski definition) is 3. The van der Waals surface area contributed by atoms with Crippen molar-refractivity contribution in [3.8, 4) is 0 Å². The molecule has 0 spiro atoms. The fourth-order valence-corrected chi connectivity index (χ4v) is 2.24. The Morgan fingerprint density at radius 3 is 2.20 bits per heavy atom. The van der Waals surface area contributed by atoms with Gasteiger partial charge < -0.3 is 4.74 Å². The van der Waals surface area contributed by atoms with Crippen LogP contribution in [-0.2, 0) is 4.74 Å². The van der Waals surface area contributed by atoms with E-state index in [4.69, 9.17) is 4.74 Å². The van der Waals surface area contributed by atoms with Gasteiger partial charge in [0.25, 0.3) is 0 Å². The SMILES string of the molecule is CCOC(=O)c1ccc(C(=O)c2ccccc2Br)cc1. The van der Waals surface area contributed by atoms with Crippen molar-refractivity contribution in [2.45, 2.75) is 6.92 Å². The van der Waals surface area contributed by atoms with Gasteiger partial charge in [0.15, 0.2) is 5.78 Å². The molecule has 2 aromatic carbocycles. The van der Waals surface area contributed by atoms with Crippen LogP contribution in [-0.4, -0.2) is 18.4 Å². The normalized spacial score (nSPS) is 10.1. The van der Waals surface area contributed by atoms with Gasteiger partial charge in [-0.05, 0) is 31.2 Å². The average molecular weight is 333 g/mol. The van der Waals surface area contributed by atoms with E-state index in [1.54, 1.807) is 37.3 Å². The van der Waals surface area contributed by atoms with Gasteiger partial charge in [0.1, 0.15) is 0 Å². The molecule has 0 radical (unpaired) electrons. The Kier molecular flexibility index (Phi) is 4.69. The number of rotatable bonds is 4. The highest BCUT2D eigenvalue weighted by molar-refractivity contribution is 9.10. The summed E-state index contributed by atoms with van der Waals surface area (Å²) in [7, 11) is 0. The third-order valence-corrected chi connectivity index (χ3v) is 3.47. The van der Waals surface area contributed by atoms with Gasteiger partial charge >= 0.3 is 5.97 Å². The topological polar surface area (TPSA) is 43.4 Å². The molecule has 0 amide bonds. The zero-order valence-electron chi connectivity index (χ0n) is 10.9. The fraction of sp³-hybridized carbons (Fsp3) is 0.125.